The van der Waals surface area contributed by atoms with Gasteiger partial charge in [-0.15, -0.1) is 6.58 Å². The van der Waals surface area contributed by atoms with Gasteiger partial charge in [0.2, 0.25) is 0 Å². The maximum Gasteiger partial charge on any atom is 0.346 e. The zero-order chi connectivity index (χ0) is 23.2. The summed E-state index contributed by atoms with van der Waals surface area (Å²) in [6.45, 7) is 4.59. The van der Waals surface area contributed by atoms with Gasteiger partial charge in [-0.3, -0.25) is 4.57 Å². The molecule has 0 spiro atoms. The fourth-order valence-electron chi connectivity index (χ4n) is 3.81. The lowest BCUT2D eigenvalue weighted by Crippen LogP contribution is -2.26. The van der Waals surface area contributed by atoms with Gasteiger partial charge >= 0.3 is 11.7 Å². The average Bonchev–Trinajstić information content (AvgIpc) is 3.13. The number of rotatable bonds is 9. The first-order valence-electron chi connectivity index (χ1n) is 10.8. The Morgan fingerprint density at radius 3 is 2.27 bits per heavy atom. The van der Waals surface area contributed by atoms with Gasteiger partial charge in [0.25, 0.3) is 0 Å². The summed E-state index contributed by atoms with van der Waals surface area (Å²) in [4.78, 5) is 24.7. The Hall–Kier alpha value is -4.19. The zero-order valence-corrected chi connectivity index (χ0v) is 18.2. The second-order valence-corrected chi connectivity index (χ2v) is 7.80. The van der Waals surface area contributed by atoms with Crippen LogP contribution in [0.3, 0.4) is 0 Å². The van der Waals surface area contributed by atoms with Gasteiger partial charge in [0.05, 0.1) is 18.7 Å². The van der Waals surface area contributed by atoms with Crippen molar-refractivity contribution in [3.8, 4) is 11.1 Å². The second kappa shape index (κ2) is 9.96. The van der Waals surface area contributed by atoms with E-state index in [0.29, 0.717) is 25.1 Å². The smallest absolute Gasteiger partial charge is 0.346 e. The van der Waals surface area contributed by atoms with Crippen molar-refractivity contribution in [1.82, 2.24) is 14.3 Å². The van der Waals surface area contributed by atoms with E-state index in [1.165, 1.54) is 4.68 Å². The predicted molar refractivity (Wildman–Crippen MR) is 128 cm³/mol. The number of carboxylic acid groups (broad SMARTS) is 1. The summed E-state index contributed by atoms with van der Waals surface area (Å²) in [5.41, 5.74) is 3.54. The van der Waals surface area contributed by atoms with Crippen LogP contribution in [-0.4, -0.2) is 25.4 Å². The number of benzene rings is 3. The molecule has 0 saturated carbocycles. The van der Waals surface area contributed by atoms with Gasteiger partial charge in [-0.2, -0.15) is 5.10 Å². The molecule has 33 heavy (non-hydrogen) atoms. The Morgan fingerprint density at radius 1 is 0.909 bits per heavy atom. The number of carboxylic acids is 1. The van der Waals surface area contributed by atoms with E-state index in [1.807, 2.05) is 66.7 Å². The molecule has 1 aromatic heterocycles. The Bertz CT molecular complexity index is 1320. The van der Waals surface area contributed by atoms with Crippen LogP contribution >= 0.6 is 0 Å². The number of nitrogens with zero attached hydrogens (tertiary/aromatic N) is 3. The summed E-state index contributed by atoms with van der Waals surface area (Å²) in [5, 5.41) is 14.1. The second-order valence-electron chi connectivity index (χ2n) is 7.80. The largest absolute Gasteiger partial charge is 0.478 e. The van der Waals surface area contributed by atoms with E-state index in [1.54, 1.807) is 22.8 Å². The highest BCUT2D eigenvalue weighted by atomic mass is 16.4. The van der Waals surface area contributed by atoms with Crippen molar-refractivity contribution in [3.05, 3.63) is 125 Å². The summed E-state index contributed by atoms with van der Waals surface area (Å²) < 4.78 is 3.21. The molecule has 4 rings (SSSR count). The van der Waals surface area contributed by atoms with Crippen molar-refractivity contribution < 1.29 is 9.90 Å². The number of aromatic nitrogens is 3. The molecule has 0 aliphatic rings. The highest BCUT2D eigenvalue weighted by molar-refractivity contribution is 5.95. The third-order valence-corrected chi connectivity index (χ3v) is 5.51. The fraction of sp³-hybridized carbons (Fsp3) is 0.148. The minimum atomic E-state index is -0.959. The Balaban J connectivity index is 1.62. The molecular weight excluding hydrogens is 414 g/mol. The number of aromatic carboxylic acids is 1. The van der Waals surface area contributed by atoms with Gasteiger partial charge in [-0.1, -0.05) is 78.9 Å². The molecule has 1 N–H and O–H groups in total. The Kier molecular flexibility index (Phi) is 6.64. The van der Waals surface area contributed by atoms with Gasteiger partial charge in [0.1, 0.15) is 5.82 Å². The average molecular weight is 440 g/mol. The van der Waals surface area contributed by atoms with E-state index >= 15 is 0 Å². The molecular formula is C27H25N3O3. The number of hydrogen-bond acceptors (Lipinski definition) is 3. The standard InChI is InChI=1S/C27H25N3O3/c1-2-3-13-25-28-30(19-20-9-5-4-6-10-20)27(33)29(25)18-21-14-16-22(17-15-21)23-11-7-8-12-24(23)26(31)32/h2,4-12,14-17H,1,3,13,18-19H2,(H,31,32). The topological polar surface area (TPSA) is 77.1 Å². The van der Waals surface area contributed by atoms with E-state index < -0.39 is 5.97 Å². The molecule has 166 valence electrons. The van der Waals surface area contributed by atoms with Gasteiger partial charge in [0, 0.05) is 6.42 Å². The van der Waals surface area contributed by atoms with Crippen LogP contribution in [0.25, 0.3) is 11.1 Å². The molecule has 4 aromatic rings. The number of allylic oxidation sites excluding steroid dienone is 1. The lowest BCUT2D eigenvalue weighted by molar-refractivity contribution is 0.0697. The van der Waals surface area contributed by atoms with Crippen LogP contribution in [-0.2, 0) is 19.5 Å². The molecule has 0 aliphatic heterocycles. The van der Waals surface area contributed by atoms with E-state index in [9.17, 15) is 14.7 Å². The molecule has 0 aliphatic carbocycles. The molecule has 3 aromatic carbocycles. The molecule has 6 heteroatoms. The van der Waals surface area contributed by atoms with Crippen LogP contribution in [0.2, 0.25) is 0 Å². The van der Waals surface area contributed by atoms with Crippen molar-refractivity contribution >= 4 is 5.97 Å². The van der Waals surface area contributed by atoms with Crippen LogP contribution in [0.4, 0.5) is 0 Å². The van der Waals surface area contributed by atoms with Crippen molar-refractivity contribution in [3.63, 3.8) is 0 Å². The van der Waals surface area contributed by atoms with Crippen molar-refractivity contribution in [2.75, 3.05) is 0 Å². The monoisotopic (exact) mass is 439 g/mol. The molecule has 0 bridgehead atoms. The Morgan fingerprint density at radius 2 is 1.58 bits per heavy atom. The first-order valence-corrected chi connectivity index (χ1v) is 10.8. The maximum absolute atomic E-state index is 13.1. The molecule has 0 unspecified atom stereocenters. The van der Waals surface area contributed by atoms with Gasteiger partial charge in [-0.05, 0) is 34.7 Å². The molecule has 0 amide bonds. The van der Waals surface area contributed by atoms with Crippen molar-refractivity contribution in [2.24, 2.45) is 0 Å². The molecule has 0 radical (unpaired) electrons. The van der Waals surface area contributed by atoms with Crippen LogP contribution in [0.1, 0.15) is 33.7 Å². The third kappa shape index (κ3) is 5.01. The first kappa shape index (κ1) is 22.0. The van der Waals surface area contributed by atoms with Crippen molar-refractivity contribution in [2.45, 2.75) is 25.9 Å². The molecule has 0 atom stereocenters. The number of carbonyl (C=O) groups is 1. The summed E-state index contributed by atoms with van der Waals surface area (Å²) in [6, 6.07) is 24.3. The molecule has 0 fully saturated rings. The molecule has 0 saturated heterocycles. The summed E-state index contributed by atoms with van der Waals surface area (Å²) >= 11 is 0. The SMILES string of the molecule is C=CCCc1nn(Cc2ccccc2)c(=O)n1Cc1ccc(-c2ccccc2C(=O)O)cc1. The number of aryl methyl sites for hydroxylation is 1. The maximum atomic E-state index is 13.1. The van der Waals surface area contributed by atoms with Crippen LogP contribution in [0.5, 0.6) is 0 Å². The minimum Gasteiger partial charge on any atom is -0.478 e. The van der Waals surface area contributed by atoms with E-state index in [0.717, 1.165) is 28.9 Å². The van der Waals surface area contributed by atoms with Gasteiger partial charge in [-0.25, -0.2) is 14.3 Å². The highest BCUT2D eigenvalue weighted by Crippen LogP contribution is 2.24. The highest BCUT2D eigenvalue weighted by Gasteiger charge is 2.15. The lowest BCUT2D eigenvalue weighted by Gasteiger charge is -2.09. The van der Waals surface area contributed by atoms with Gasteiger partial charge < -0.3 is 5.11 Å². The lowest BCUT2D eigenvalue weighted by atomic mass is 9.99. The molecule has 1 heterocycles. The van der Waals surface area contributed by atoms with Crippen molar-refractivity contribution in [1.29, 1.82) is 0 Å². The van der Waals surface area contributed by atoms with E-state index in [4.69, 9.17) is 0 Å². The van der Waals surface area contributed by atoms with Crippen LogP contribution in [0, 0.1) is 0 Å². The minimum absolute atomic E-state index is 0.154. The Labute approximate surface area is 192 Å². The molecule has 6 nitrogen and oxygen atoms in total. The predicted octanol–water partition coefficient (Wildman–Crippen LogP) is 4.63. The summed E-state index contributed by atoms with van der Waals surface area (Å²) in [6.07, 6.45) is 3.18. The van der Waals surface area contributed by atoms with Crippen LogP contribution < -0.4 is 5.69 Å². The fourth-order valence-corrected chi connectivity index (χ4v) is 3.81. The van der Waals surface area contributed by atoms with Gasteiger partial charge in [0.15, 0.2) is 0 Å². The summed E-state index contributed by atoms with van der Waals surface area (Å²) in [5.74, 6) is -0.241. The first-order chi connectivity index (χ1) is 16.1. The number of hydrogen-bond donors (Lipinski definition) is 1. The zero-order valence-electron chi connectivity index (χ0n) is 18.2. The van der Waals surface area contributed by atoms with Crippen LogP contribution in [0.15, 0.2) is 96.3 Å². The third-order valence-electron chi connectivity index (χ3n) is 5.51. The summed E-state index contributed by atoms with van der Waals surface area (Å²) in [7, 11) is 0. The van der Waals surface area contributed by atoms with E-state index in [2.05, 4.69) is 11.7 Å². The normalized spacial score (nSPS) is 10.8. The van der Waals surface area contributed by atoms with E-state index in [-0.39, 0.29) is 11.3 Å². The quantitative estimate of drug-likeness (QED) is 0.386.